The van der Waals surface area contributed by atoms with Gasteiger partial charge < -0.3 is 23.9 Å². The van der Waals surface area contributed by atoms with Crippen molar-refractivity contribution in [2.45, 2.75) is 20.8 Å². The van der Waals surface area contributed by atoms with Crippen molar-refractivity contribution in [2.24, 2.45) is 0 Å². The van der Waals surface area contributed by atoms with E-state index in [1.165, 1.54) is 14.2 Å². The van der Waals surface area contributed by atoms with Gasteiger partial charge in [0.15, 0.2) is 6.61 Å². The number of esters is 2. The molecule has 0 saturated heterocycles. The van der Waals surface area contributed by atoms with Gasteiger partial charge in [0.2, 0.25) is 5.78 Å². The second kappa shape index (κ2) is 9.07. The molecule has 8 heteroatoms. The number of ketones is 1. The van der Waals surface area contributed by atoms with Crippen LogP contribution < -0.4 is 9.47 Å². The maximum Gasteiger partial charge on any atom is 0.346 e. The van der Waals surface area contributed by atoms with Gasteiger partial charge in [-0.2, -0.15) is 0 Å². The first-order valence-corrected chi connectivity index (χ1v) is 8.63. The van der Waals surface area contributed by atoms with E-state index in [0.29, 0.717) is 16.8 Å². The van der Waals surface area contributed by atoms with Crippen LogP contribution in [0.15, 0.2) is 18.2 Å². The fourth-order valence-electron chi connectivity index (χ4n) is 2.87. The summed E-state index contributed by atoms with van der Waals surface area (Å²) in [5.41, 5.74) is 1.55. The summed E-state index contributed by atoms with van der Waals surface area (Å²) in [7, 11) is 2.83. The quantitative estimate of drug-likeness (QED) is 0.547. The first-order chi connectivity index (χ1) is 13.3. The standard InChI is InChI=1S/C20H23NO7/c1-6-27-19(23)16-11(2)18(21-12(16)3)13(22)10-28-20(24)17-14(25-4)8-7-9-15(17)26-5/h7-9,21H,6,10H2,1-5H3. The molecule has 0 bridgehead atoms. The van der Waals surface area contributed by atoms with Gasteiger partial charge in [-0.15, -0.1) is 0 Å². The van der Waals surface area contributed by atoms with Crippen LogP contribution in [0.25, 0.3) is 0 Å². The number of aromatic nitrogens is 1. The summed E-state index contributed by atoms with van der Waals surface area (Å²) in [6, 6.07) is 4.84. The van der Waals surface area contributed by atoms with Crippen LogP contribution >= 0.6 is 0 Å². The van der Waals surface area contributed by atoms with Gasteiger partial charge in [0, 0.05) is 5.69 Å². The monoisotopic (exact) mass is 389 g/mol. The average molecular weight is 389 g/mol. The first kappa shape index (κ1) is 21.0. The summed E-state index contributed by atoms with van der Waals surface area (Å²) in [5, 5.41) is 0. The second-order valence-electron chi connectivity index (χ2n) is 5.88. The third-order valence-corrected chi connectivity index (χ3v) is 4.16. The Kier molecular flexibility index (Phi) is 6.81. The van der Waals surface area contributed by atoms with E-state index < -0.39 is 24.3 Å². The lowest BCUT2D eigenvalue weighted by atomic mass is 10.1. The summed E-state index contributed by atoms with van der Waals surface area (Å²) in [5.74, 6) is -1.20. The molecule has 0 fully saturated rings. The number of methoxy groups -OCH3 is 2. The SMILES string of the molecule is CCOC(=O)c1c(C)[nH]c(C(=O)COC(=O)c2c(OC)cccc2OC)c1C. The van der Waals surface area contributed by atoms with Crippen molar-refractivity contribution < 1.29 is 33.3 Å². The van der Waals surface area contributed by atoms with Crippen molar-refractivity contribution in [1.29, 1.82) is 0 Å². The Morgan fingerprint density at radius 1 is 0.929 bits per heavy atom. The highest BCUT2D eigenvalue weighted by Crippen LogP contribution is 2.29. The third-order valence-electron chi connectivity index (χ3n) is 4.16. The molecule has 0 aliphatic carbocycles. The molecule has 2 aromatic rings. The zero-order valence-electron chi connectivity index (χ0n) is 16.5. The number of H-pyrrole nitrogens is 1. The van der Waals surface area contributed by atoms with Crippen LogP contribution in [0.1, 0.15) is 49.4 Å². The average Bonchev–Trinajstić information content (AvgIpc) is 2.99. The summed E-state index contributed by atoms with van der Waals surface area (Å²) < 4.78 is 20.5. The lowest BCUT2D eigenvalue weighted by Gasteiger charge is -2.12. The Morgan fingerprint density at radius 2 is 1.50 bits per heavy atom. The molecule has 8 nitrogen and oxygen atoms in total. The molecule has 0 spiro atoms. The molecule has 1 heterocycles. The lowest BCUT2D eigenvalue weighted by molar-refractivity contribution is 0.0465. The number of nitrogens with one attached hydrogen (secondary N) is 1. The van der Waals surface area contributed by atoms with E-state index in [1.807, 2.05) is 0 Å². The molecule has 150 valence electrons. The Bertz CT molecular complexity index is 876. The van der Waals surface area contributed by atoms with E-state index in [4.69, 9.17) is 18.9 Å². The molecule has 1 N–H and O–H groups in total. The van der Waals surface area contributed by atoms with Gasteiger partial charge in [-0.05, 0) is 38.5 Å². The Hall–Kier alpha value is -3.29. The van der Waals surface area contributed by atoms with Crippen molar-refractivity contribution in [3.63, 3.8) is 0 Å². The zero-order chi connectivity index (χ0) is 20.8. The number of hydrogen-bond donors (Lipinski definition) is 1. The molecule has 0 atom stereocenters. The number of aromatic amines is 1. The highest BCUT2D eigenvalue weighted by Gasteiger charge is 2.25. The predicted octanol–water partition coefficient (Wildman–Crippen LogP) is 2.87. The van der Waals surface area contributed by atoms with Crippen molar-refractivity contribution in [3.05, 3.63) is 46.3 Å². The smallest absolute Gasteiger partial charge is 0.346 e. The fourth-order valence-corrected chi connectivity index (χ4v) is 2.87. The van der Waals surface area contributed by atoms with Gasteiger partial charge >= 0.3 is 11.9 Å². The van der Waals surface area contributed by atoms with Crippen LogP contribution in [0.2, 0.25) is 0 Å². The Morgan fingerprint density at radius 3 is 2.04 bits per heavy atom. The van der Waals surface area contributed by atoms with Gasteiger partial charge in [0.05, 0.1) is 32.1 Å². The maximum atomic E-state index is 12.5. The zero-order valence-corrected chi connectivity index (χ0v) is 16.5. The summed E-state index contributed by atoms with van der Waals surface area (Å²) in [6.07, 6.45) is 0. The third kappa shape index (κ3) is 4.16. The molecule has 28 heavy (non-hydrogen) atoms. The van der Waals surface area contributed by atoms with Crippen molar-refractivity contribution >= 4 is 17.7 Å². The van der Waals surface area contributed by atoms with E-state index in [9.17, 15) is 14.4 Å². The van der Waals surface area contributed by atoms with Crippen LogP contribution in [0.5, 0.6) is 11.5 Å². The van der Waals surface area contributed by atoms with Crippen LogP contribution in [-0.2, 0) is 9.47 Å². The van der Waals surface area contributed by atoms with Gasteiger partial charge in [0.1, 0.15) is 17.1 Å². The Balaban J connectivity index is 2.19. The summed E-state index contributed by atoms with van der Waals surface area (Å²) >= 11 is 0. The van der Waals surface area contributed by atoms with E-state index in [-0.39, 0.29) is 29.4 Å². The van der Waals surface area contributed by atoms with Gasteiger partial charge in [-0.3, -0.25) is 4.79 Å². The van der Waals surface area contributed by atoms with Crippen molar-refractivity contribution in [1.82, 2.24) is 4.98 Å². The number of Topliss-reactive ketones (excluding diaryl/α,β-unsaturated/α-hetero) is 1. The lowest BCUT2D eigenvalue weighted by Crippen LogP contribution is -2.17. The summed E-state index contributed by atoms with van der Waals surface area (Å²) in [4.78, 5) is 39.9. The number of carbonyl (C=O) groups is 3. The minimum atomic E-state index is -0.755. The molecular weight excluding hydrogens is 366 g/mol. The van der Waals surface area contributed by atoms with E-state index >= 15 is 0 Å². The first-order valence-electron chi connectivity index (χ1n) is 8.63. The molecule has 0 saturated carbocycles. The van der Waals surface area contributed by atoms with E-state index in [1.54, 1.807) is 39.0 Å². The molecule has 0 unspecified atom stereocenters. The second-order valence-corrected chi connectivity index (χ2v) is 5.88. The number of rotatable bonds is 8. The normalized spacial score (nSPS) is 10.3. The molecule has 1 aromatic carbocycles. The number of benzene rings is 1. The fraction of sp³-hybridized carbons (Fsp3) is 0.350. The highest BCUT2D eigenvalue weighted by molar-refractivity contribution is 6.03. The number of aryl methyl sites for hydroxylation is 1. The molecular formula is C20H23NO7. The van der Waals surface area contributed by atoms with E-state index in [0.717, 1.165) is 0 Å². The van der Waals surface area contributed by atoms with Crippen molar-refractivity contribution in [3.8, 4) is 11.5 Å². The topological polar surface area (TPSA) is 104 Å². The molecule has 0 amide bonds. The molecule has 0 aliphatic rings. The molecule has 2 rings (SSSR count). The van der Waals surface area contributed by atoms with E-state index in [2.05, 4.69) is 4.98 Å². The number of ether oxygens (including phenoxy) is 4. The predicted molar refractivity (Wildman–Crippen MR) is 100 cm³/mol. The van der Waals surface area contributed by atoms with Crippen LogP contribution in [0.3, 0.4) is 0 Å². The Labute approximate surface area is 162 Å². The van der Waals surface area contributed by atoms with Crippen LogP contribution in [0, 0.1) is 13.8 Å². The van der Waals surface area contributed by atoms with Crippen LogP contribution in [0.4, 0.5) is 0 Å². The minimum Gasteiger partial charge on any atom is -0.496 e. The highest BCUT2D eigenvalue weighted by atomic mass is 16.5. The van der Waals surface area contributed by atoms with Crippen molar-refractivity contribution in [2.75, 3.05) is 27.4 Å². The van der Waals surface area contributed by atoms with Gasteiger partial charge in [0.25, 0.3) is 0 Å². The number of hydrogen-bond acceptors (Lipinski definition) is 7. The molecule has 0 radical (unpaired) electrons. The van der Waals surface area contributed by atoms with Crippen LogP contribution in [-0.4, -0.2) is 50.1 Å². The molecule has 1 aromatic heterocycles. The van der Waals surface area contributed by atoms with Gasteiger partial charge in [-0.25, -0.2) is 9.59 Å². The maximum absolute atomic E-state index is 12.5. The number of carbonyl (C=O) groups excluding carboxylic acids is 3. The largest absolute Gasteiger partial charge is 0.496 e. The molecule has 0 aliphatic heterocycles. The minimum absolute atomic E-state index is 0.0897. The van der Waals surface area contributed by atoms with Gasteiger partial charge in [-0.1, -0.05) is 6.07 Å². The summed E-state index contributed by atoms with van der Waals surface area (Å²) in [6.45, 7) is 4.72.